The van der Waals surface area contributed by atoms with Gasteiger partial charge in [-0.05, 0) is 60.2 Å². The molecule has 2 heterocycles. The van der Waals surface area contributed by atoms with Gasteiger partial charge in [-0.15, -0.1) is 0 Å². The van der Waals surface area contributed by atoms with Crippen LogP contribution < -0.4 is 4.74 Å². The van der Waals surface area contributed by atoms with Crippen molar-refractivity contribution < 1.29 is 23.1 Å². The zero-order chi connectivity index (χ0) is 25.9. The summed E-state index contributed by atoms with van der Waals surface area (Å²) in [5, 5.41) is 0.561. The third kappa shape index (κ3) is 5.15. The second-order valence-corrected chi connectivity index (χ2v) is 9.60. The maximum absolute atomic E-state index is 14.4. The zero-order valence-corrected chi connectivity index (χ0v) is 20.9. The highest BCUT2D eigenvalue weighted by Gasteiger charge is 2.35. The van der Waals surface area contributed by atoms with Crippen molar-refractivity contribution in [2.24, 2.45) is 0 Å². The van der Waals surface area contributed by atoms with Crippen LogP contribution in [0, 0.1) is 11.6 Å². The number of hydrogen-bond donors (Lipinski definition) is 0. The predicted octanol–water partition coefficient (Wildman–Crippen LogP) is 6.65. The predicted molar refractivity (Wildman–Crippen MR) is 141 cm³/mol. The van der Waals surface area contributed by atoms with Crippen LogP contribution in [-0.4, -0.2) is 33.8 Å². The fourth-order valence-corrected chi connectivity index (χ4v) is 5.28. The number of halogens is 2. The standard InChI is InChI=1S/C29H24F2N2O3S/c1-2-19-7-5-8-24-21(18-32(27(19)24)17-20-6-3-4-9-25(20)31)16-26-28(34)33(29(35)37-26)14-15-36-23-12-10-22(30)11-13-23/h3-13,16,18H,2,14-15,17H2,1H3/b26-16-. The zero-order valence-electron chi connectivity index (χ0n) is 20.1. The van der Waals surface area contributed by atoms with Gasteiger partial charge >= 0.3 is 0 Å². The third-order valence-corrected chi connectivity index (χ3v) is 7.16. The van der Waals surface area contributed by atoms with E-state index in [4.69, 9.17) is 4.74 Å². The highest BCUT2D eigenvalue weighted by atomic mass is 32.2. The van der Waals surface area contributed by atoms with E-state index in [9.17, 15) is 18.4 Å². The largest absolute Gasteiger partial charge is 0.492 e. The van der Waals surface area contributed by atoms with Crippen LogP contribution in [0.2, 0.25) is 0 Å². The van der Waals surface area contributed by atoms with Crippen molar-refractivity contribution in [2.45, 2.75) is 19.9 Å². The number of carbonyl (C=O) groups excluding carboxylic acids is 2. The number of para-hydroxylation sites is 1. The Balaban J connectivity index is 1.40. The molecule has 0 N–H and O–H groups in total. The van der Waals surface area contributed by atoms with Crippen molar-refractivity contribution in [3.05, 3.63) is 106 Å². The van der Waals surface area contributed by atoms with E-state index < -0.39 is 0 Å². The van der Waals surface area contributed by atoms with E-state index in [0.29, 0.717) is 22.8 Å². The normalized spacial score (nSPS) is 14.8. The van der Waals surface area contributed by atoms with Crippen LogP contribution in [0.4, 0.5) is 13.6 Å². The Kier molecular flexibility index (Phi) is 7.10. The lowest BCUT2D eigenvalue weighted by atomic mass is 10.1. The monoisotopic (exact) mass is 518 g/mol. The summed E-state index contributed by atoms with van der Waals surface area (Å²) in [7, 11) is 0. The van der Waals surface area contributed by atoms with E-state index in [2.05, 4.69) is 6.92 Å². The van der Waals surface area contributed by atoms with E-state index in [1.807, 2.05) is 35.0 Å². The molecule has 0 radical (unpaired) electrons. The first-order chi connectivity index (χ1) is 17.9. The summed E-state index contributed by atoms with van der Waals surface area (Å²) < 4.78 is 35.0. The fourth-order valence-electron chi connectivity index (χ4n) is 4.42. The molecule has 5 nitrogen and oxygen atoms in total. The molecule has 8 heteroatoms. The molecule has 1 aliphatic heterocycles. The van der Waals surface area contributed by atoms with Crippen molar-refractivity contribution in [1.82, 2.24) is 9.47 Å². The Morgan fingerprint density at radius 2 is 1.70 bits per heavy atom. The maximum atomic E-state index is 14.4. The fraction of sp³-hybridized carbons (Fsp3) is 0.172. The second-order valence-electron chi connectivity index (χ2n) is 8.61. The molecular weight excluding hydrogens is 494 g/mol. The highest BCUT2D eigenvalue weighted by molar-refractivity contribution is 8.18. The van der Waals surface area contributed by atoms with Crippen LogP contribution in [0.15, 0.2) is 77.8 Å². The molecule has 0 spiro atoms. The smallest absolute Gasteiger partial charge is 0.293 e. The first-order valence-electron chi connectivity index (χ1n) is 11.9. The van der Waals surface area contributed by atoms with Crippen LogP contribution >= 0.6 is 11.8 Å². The summed E-state index contributed by atoms with van der Waals surface area (Å²) in [6.45, 7) is 2.58. The molecule has 5 rings (SSSR count). The number of nitrogens with zero attached hydrogens (tertiary/aromatic N) is 2. The van der Waals surface area contributed by atoms with E-state index in [1.54, 1.807) is 18.2 Å². The van der Waals surface area contributed by atoms with E-state index in [1.165, 1.54) is 30.3 Å². The summed E-state index contributed by atoms with van der Waals surface area (Å²) in [6, 6.07) is 18.2. The summed E-state index contributed by atoms with van der Waals surface area (Å²) in [6.07, 6.45) is 4.43. The van der Waals surface area contributed by atoms with Gasteiger partial charge in [-0.25, -0.2) is 8.78 Å². The molecule has 1 saturated heterocycles. The molecule has 0 aliphatic carbocycles. The molecule has 37 heavy (non-hydrogen) atoms. The molecule has 0 bridgehead atoms. The van der Waals surface area contributed by atoms with E-state index in [-0.39, 0.29) is 35.9 Å². The average molecular weight is 519 g/mol. The summed E-state index contributed by atoms with van der Waals surface area (Å²) in [4.78, 5) is 27.1. The SMILES string of the molecule is CCc1cccc2c(/C=C3\SC(=O)N(CCOc4ccc(F)cc4)C3=O)cn(Cc3ccccc3F)c12. The summed E-state index contributed by atoms with van der Waals surface area (Å²) in [5.74, 6) is -0.578. The molecule has 188 valence electrons. The average Bonchev–Trinajstić information content (AvgIpc) is 3.38. The minimum atomic E-state index is -0.389. The molecule has 1 fully saturated rings. The topological polar surface area (TPSA) is 51.5 Å². The Labute approximate surface area is 217 Å². The van der Waals surface area contributed by atoms with Gasteiger partial charge in [0.15, 0.2) is 0 Å². The van der Waals surface area contributed by atoms with Crippen LogP contribution in [0.25, 0.3) is 17.0 Å². The molecule has 3 aromatic carbocycles. The van der Waals surface area contributed by atoms with Gasteiger partial charge in [0.2, 0.25) is 0 Å². The van der Waals surface area contributed by atoms with Crippen LogP contribution in [0.5, 0.6) is 5.75 Å². The van der Waals surface area contributed by atoms with Crippen molar-refractivity contribution in [2.75, 3.05) is 13.2 Å². The highest BCUT2D eigenvalue weighted by Crippen LogP contribution is 2.35. The Hall–Kier alpha value is -3.91. The number of carbonyl (C=O) groups is 2. The quantitative estimate of drug-likeness (QED) is 0.245. The second kappa shape index (κ2) is 10.6. The minimum Gasteiger partial charge on any atom is -0.492 e. The van der Waals surface area contributed by atoms with Gasteiger partial charge in [0.1, 0.15) is 24.0 Å². The lowest BCUT2D eigenvalue weighted by Crippen LogP contribution is -2.32. The number of benzene rings is 3. The number of fused-ring (bicyclic) bond motifs is 1. The van der Waals surface area contributed by atoms with Gasteiger partial charge in [-0.2, -0.15) is 0 Å². The molecular formula is C29H24F2N2O3S. The molecule has 0 unspecified atom stereocenters. The van der Waals surface area contributed by atoms with E-state index >= 15 is 0 Å². The number of aromatic nitrogens is 1. The number of rotatable bonds is 8. The molecule has 1 aliphatic rings. The number of amides is 2. The van der Waals surface area contributed by atoms with Gasteiger partial charge in [0, 0.05) is 22.7 Å². The first kappa shape index (κ1) is 24.8. The van der Waals surface area contributed by atoms with Crippen molar-refractivity contribution in [3.8, 4) is 5.75 Å². The number of thioether (sulfide) groups is 1. The number of ether oxygens (including phenoxy) is 1. The first-order valence-corrected chi connectivity index (χ1v) is 12.7. The van der Waals surface area contributed by atoms with Crippen LogP contribution in [-0.2, 0) is 17.8 Å². The minimum absolute atomic E-state index is 0.0778. The lowest BCUT2D eigenvalue weighted by molar-refractivity contribution is -0.123. The molecule has 2 amide bonds. The van der Waals surface area contributed by atoms with Crippen molar-refractivity contribution >= 4 is 39.9 Å². The Morgan fingerprint density at radius 3 is 2.46 bits per heavy atom. The van der Waals surface area contributed by atoms with Crippen molar-refractivity contribution in [1.29, 1.82) is 0 Å². The van der Waals surface area contributed by atoms with Crippen molar-refractivity contribution in [3.63, 3.8) is 0 Å². The number of imide groups is 1. The molecule has 1 aromatic heterocycles. The molecule has 4 aromatic rings. The van der Waals surface area contributed by atoms with E-state index in [0.717, 1.165) is 45.1 Å². The summed E-state index contributed by atoms with van der Waals surface area (Å²) in [5.41, 5.74) is 3.44. The maximum Gasteiger partial charge on any atom is 0.293 e. The third-order valence-electron chi connectivity index (χ3n) is 6.25. The van der Waals surface area contributed by atoms with Gasteiger partial charge in [0.25, 0.3) is 11.1 Å². The lowest BCUT2D eigenvalue weighted by Gasteiger charge is -2.13. The van der Waals surface area contributed by atoms with Crippen LogP contribution in [0.3, 0.4) is 0 Å². The molecule has 0 atom stereocenters. The number of hydrogen-bond acceptors (Lipinski definition) is 4. The number of aryl methyl sites for hydroxylation is 1. The van der Waals surface area contributed by atoms with Gasteiger partial charge in [-0.3, -0.25) is 14.5 Å². The molecule has 0 saturated carbocycles. The summed E-state index contributed by atoms with van der Waals surface area (Å²) >= 11 is 0.883. The van der Waals surface area contributed by atoms with Crippen LogP contribution in [0.1, 0.15) is 23.6 Å². The Morgan fingerprint density at radius 1 is 0.946 bits per heavy atom. The Bertz CT molecular complexity index is 1510. The van der Waals surface area contributed by atoms with Gasteiger partial charge < -0.3 is 9.30 Å². The van der Waals surface area contributed by atoms with Gasteiger partial charge in [0.05, 0.1) is 23.5 Å². The van der Waals surface area contributed by atoms with Gasteiger partial charge in [-0.1, -0.05) is 43.3 Å².